The molecule has 0 aliphatic carbocycles. The Morgan fingerprint density at radius 3 is 1.35 bits per heavy atom. The number of aromatic nitrogens is 3. The molecule has 20 heteroatoms. The number of esters is 2. The Bertz CT molecular complexity index is 3340. The van der Waals surface area contributed by atoms with E-state index in [1.54, 1.807) is 45.0 Å². The molecule has 0 fully saturated rings. The molecule has 20 nitrogen and oxygen atoms in total. The number of unbranched alkanes of at least 4 members (excludes halogenated alkanes) is 2. The summed E-state index contributed by atoms with van der Waals surface area (Å²) in [5.41, 5.74) is 10.7. The number of allylic oxidation sites excluding steroid dienone is 2. The zero-order valence-corrected chi connectivity index (χ0v) is 51.0. The quantitative estimate of drug-likeness (QED) is 0.0121. The summed E-state index contributed by atoms with van der Waals surface area (Å²) in [6.07, 6.45) is 6.19. The highest BCUT2D eigenvalue weighted by Gasteiger charge is 2.30. The first-order chi connectivity index (χ1) is 42.1. The van der Waals surface area contributed by atoms with Crippen LogP contribution in [-0.2, 0) is 41.8 Å². The summed E-state index contributed by atoms with van der Waals surface area (Å²) in [6.45, 7) is 15.9. The monoisotopic (exact) mass is 1210 g/mol. The molecular formula is C68H84N6O14. The first-order valence-electron chi connectivity index (χ1n) is 29.6. The van der Waals surface area contributed by atoms with E-state index >= 15 is 0 Å². The fourth-order valence-electron chi connectivity index (χ4n) is 8.82. The fraction of sp³-hybridized carbons (Fsp3) is 0.397. The predicted molar refractivity (Wildman–Crippen MR) is 334 cm³/mol. The SMILES string of the molecule is C=CC[C@H](CC(=O)OCc1ccccc1)C(O)c1nc2ccccc2o1.CC(C)(C)OC(=O)NCCC=CC[C@H](CC(=O)OCc1ccccc1)C(O)c1nc2ccccc2o1.CC(C)(C)OC(=O)NCCCCC[C@H](N)C(O)c1nc2ccccc2o1. The van der Waals surface area contributed by atoms with Crippen molar-refractivity contribution in [2.75, 3.05) is 13.1 Å². The highest BCUT2D eigenvalue weighted by molar-refractivity contribution is 5.74. The molecule has 7 N–H and O–H groups in total. The number of hydrogen-bond acceptors (Lipinski definition) is 18. The zero-order chi connectivity index (χ0) is 63.5. The molecule has 6 atom stereocenters. The van der Waals surface area contributed by atoms with Gasteiger partial charge in [-0.1, -0.05) is 128 Å². The maximum absolute atomic E-state index is 12.6. The molecule has 0 bridgehead atoms. The number of amides is 2. The normalized spacial score (nSPS) is 13.6. The standard InChI is InChI=1S/C28H34N2O6.C21H21NO4.C19H29N3O4/c1-28(2,3)36-27(33)29-17-11-5-8-14-21(18-24(31)34-19-20-12-6-4-7-13-20)25(32)26-30-22-15-9-10-16-23(22)35-26;1-2-8-16(13-19(23)25-14-15-9-4-3-5-10-15)20(24)21-22-17-11-6-7-12-18(17)26-21;1-19(2,3)26-18(24)21-12-8-4-5-9-13(20)16(23)17-22-14-10-6-7-11-15(14)25-17/h4-10,12-13,15-16,21,25,32H,11,14,17-19H2,1-3H3,(H,29,33);2-7,9-12,16,20,24H,1,8,13-14H2;6-7,10-11,13,16,23H,4-5,8-9,12,20H2,1-3H3,(H,21,24)/t21-,25?;16-,20?;13-,16?/m110/s1. The number of carbonyl (C=O) groups excluding carboxylic acids is 4. The number of oxazole rings is 3. The number of nitrogens with zero attached hydrogens (tertiary/aromatic N) is 3. The van der Waals surface area contributed by atoms with Crippen LogP contribution >= 0.6 is 0 Å². The molecule has 0 saturated heterocycles. The Labute approximate surface area is 513 Å². The number of aliphatic hydroxyl groups excluding tert-OH is 3. The number of nitrogens with two attached hydrogens (primary N) is 1. The Balaban J connectivity index is 0.000000215. The maximum atomic E-state index is 12.6. The first-order valence-corrected chi connectivity index (χ1v) is 29.6. The predicted octanol–water partition coefficient (Wildman–Crippen LogP) is 12.9. The van der Waals surface area contributed by atoms with Crippen LogP contribution in [0.5, 0.6) is 0 Å². The van der Waals surface area contributed by atoms with E-state index in [0.29, 0.717) is 72.1 Å². The van der Waals surface area contributed by atoms with Crippen LogP contribution in [0.4, 0.5) is 9.59 Å². The molecule has 3 aromatic heterocycles. The van der Waals surface area contributed by atoms with Crippen molar-refractivity contribution in [3.8, 4) is 0 Å². The van der Waals surface area contributed by atoms with Crippen molar-refractivity contribution in [3.63, 3.8) is 0 Å². The van der Waals surface area contributed by atoms with Crippen molar-refractivity contribution in [2.24, 2.45) is 17.6 Å². The van der Waals surface area contributed by atoms with E-state index in [1.807, 2.05) is 148 Å². The number of alkyl carbamates (subject to hydrolysis) is 2. The van der Waals surface area contributed by atoms with E-state index in [1.165, 1.54) is 0 Å². The number of ether oxygens (including phenoxy) is 4. The number of para-hydroxylation sites is 6. The van der Waals surface area contributed by atoms with Crippen LogP contribution in [-0.4, -0.2) is 84.7 Å². The largest absolute Gasteiger partial charge is 0.461 e. The van der Waals surface area contributed by atoms with E-state index in [-0.39, 0.29) is 49.7 Å². The van der Waals surface area contributed by atoms with Gasteiger partial charge in [-0.05, 0) is 121 Å². The van der Waals surface area contributed by atoms with Crippen LogP contribution in [0.15, 0.2) is 172 Å². The summed E-state index contributed by atoms with van der Waals surface area (Å²) in [5, 5.41) is 37.4. The van der Waals surface area contributed by atoms with Crippen LogP contribution in [0.3, 0.4) is 0 Å². The summed E-state index contributed by atoms with van der Waals surface area (Å²) >= 11 is 0. The highest BCUT2D eigenvalue weighted by atomic mass is 16.6. The summed E-state index contributed by atoms with van der Waals surface area (Å²) in [7, 11) is 0. The third-order valence-corrected chi connectivity index (χ3v) is 13.3. The van der Waals surface area contributed by atoms with Crippen molar-refractivity contribution in [2.45, 2.75) is 148 Å². The van der Waals surface area contributed by atoms with Gasteiger partial charge in [-0.15, -0.1) is 6.58 Å². The molecule has 5 aromatic carbocycles. The molecular weight excluding hydrogens is 1120 g/mol. The maximum Gasteiger partial charge on any atom is 0.407 e. The van der Waals surface area contributed by atoms with Gasteiger partial charge in [0.1, 0.15) is 59.3 Å². The molecule has 0 saturated carbocycles. The fourth-order valence-corrected chi connectivity index (χ4v) is 8.82. The van der Waals surface area contributed by atoms with Gasteiger partial charge in [-0.25, -0.2) is 24.5 Å². The number of hydrogen-bond donors (Lipinski definition) is 6. The Hall–Kier alpha value is -8.69. The molecule has 0 aliphatic heterocycles. The lowest BCUT2D eigenvalue weighted by Crippen LogP contribution is -2.33. The number of fused-ring (bicyclic) bond motifs is 3. The zero-order valence-electron chi connectivity index (χ0n) is 51.0. The summed E-state index contributed by atoms with van der Waals surface area (Å²) < 4.78 is 38.0. The molecule has 470 valence electrons. The average Bonchev–Trinajstić information content (AvgIpc) is 4.01. The number of carbonyl (C=O) groups is 4. The smallest absolute Gasteiger partial charge is 0.407 e. The number of benzene rings is 5. The van der Waals surface area contributed by atoms with Crippen molar-refractivity contribution in [1.29, 1.82) is 0 Å². The summed E-state index contributed by atoms with van der Waals surface area (Å²) in [4.78, 5) is 61.0. The van der Waals surface area contributed by atoms with Crippen LogP contribution < -0.4 is 16.4 Å². The topological polar surface area (TPSA) is 294 Å². The lowest BCUT2D eigenvalue weighted by Gasteiger charge is -2.19. The van der Waals surface area contributed by atoms with Crippen molar-refractivity contribution < 1.29 is 66.7 Å². The third-order valence-electron chi connectivity index (χ3n) is 13.3. The second kappa shape index (κ2) is 34.6. The van der Waals surface area contributed by atoms with Gasteiger partial charge in [0.2, 0.25) is 17.7 Å². The van der Waals surface area contributed by atoms with Crippen LogP contribution in [0.1, 0.15) is 146 Å². The molecule has 8 aromatic rings. The molecule has 2 amide bonds. The Kier molecular flexibility index (Phi) is 26.9. The second-order valence-corrected chi connectivity index (χ2v) is 23.0. The van der Waals surface area contributed by atoms with Crippen LogP contribution in [0, 0.1) is 11.8 Å². The van der Waals surface area contributed by atoms with Gasteiger partial charge in [0.15, 0.2) is 16.7 Å². The van der Waals surface area contributed by atoms with E-state index < -0.39 is 65.5 Å². The van der Waals surface area contributed by atoms with Gasteiger partial charge in [0.25, 0.3) is 0 Å². The Morgan fingerprint density at radius 1 is 0.534 bits per heavy atom. The van der Waals surface area contributed by atoms with Crippen molar-refractivity contribution in [1.82, 2.24) is 25.6 Å². The minimum Gasteiger partial charge on any atom is -0.461 e. The third kappa shape index (κ3) is 23.9. The summed E-state index contributed by atoms with van der Waals surface area (Å²) in [6, 6.07) is 40.3. The number of rotatable bonds is 27. The molecule has 8 rings (SSSR count). The van der Waals surface area contributed by atoms with E-state index in [9.17, 15) is 34.5 Å². The van der Waals surface area contributed by atoms with E-state index in [0.717, 1.165) is 30.4 Å². The Morgan fingerprint density at radius 2 is 0.932 bits per heavy atom. The number of aliphatic hydroxyl groups is 3. The molecule has 88 heavy (non-hydrogen) atoms. The lowest BCUT2D eigenvalue weighted by atomic mass is 9.94. The molecule has 3 heterocycles. The minimum atomic E-state index is -1.09. The van der Waals surface area contributed by atoms with Crippen LogP contribution in [0.2, 0.25) is 0 Å². The van der Waals surface area contributed by atoms with Gasteiger partial charge >= 0.3 is 24.1 Å². The second-order valence-electron chi connectivity index (χ2n) is 23.0. The molecule has 3 unspecified atom stereocenters. The summed E-state index contributed by atoms with van der Waals surface area (Å²) in [5.74, 6) is -1.09. The minimum absolute atomic E-state index is 0.00672. The van der Waals surface area contributed by atoms with Gasteiger partial charge in [0, 0.05) is 31.0 Å². The lowest BCUT2D eigenvalue weighted by molar-refractivity contribution is -0.148. The number of nitrogens with one attached hydrogen (secondary N) is 2. The average molecular weight is 1210 g/mol. The van der Waals surface area contributed by atoms with Crippen LogP contribution in [0.25, 0.3) is 33.3 Å². The van der Waals surface area contributed by atoms with Gasteiger partial charge in [-0.2, -0.15) is 0 Å². The van der Waals surface area contributed by atoms with E-state index in [2.05, 4.69) is 32.2 Å². The first kappa shape index (κ1) is 68.4. The van der Waals surface area contributed by atoms with Gasteiger partial charge in [-0.3, -0.25) is 9.59 Å². The van der Waals surface area contributed by atoms with E-state index in [4.69, 9.17) is 37.9 Å². The highest BCUT2D eigenvalue weighted by Crippen LogP contribution is 2.32. The van der Waals surface area contributed by atoms with Gasteiger partial charge < -0.3 is 63.9 Å². The van der Waals surface area contributed by atoms with Crippen molar-refractivity contribution in [3.05, 3.63) is 187 Å². The molecule has 0 radical (unpaired) electrons. The van der Waals surface area contributed by atoms with Crippen molar-refractivity contribution >= 4 is 57.4 Å². The molecule has 0 spiro atoms. The van der Waals surface area contributed by atoms with Gasteiger partial charge in [0.05, 0.1) is 12.8 Å². The molecule has 0 aliphatic rings.